The number of para-hydroxylation sites is 1. The molecule has 0 aliphatic carbocycles. The average molecular weight is 339 g/mol. The lowest BCUT2D eigenvalue weighted by Crippen LogP contribution is -2.53. The van der Waals surface area contributed by atoms with Crippen LogP contribution in [0.5, 0.6) is 0 Å². The van der Waals surface area contributed by atoms with Gasteiger partial charge in [-0.3, -0.25) is 4.90 Å². The Balaban J connectivity index is 1.81. The molecule has 3 rings (SSSR count). The molecule has 1 unspecified atom stereocenters. The van der Waals surface area contributed by atoms with Gasteiger partial charge >= 0.3 is 0 Å². The van der Waals surface area contributed by atoms with Crippen molar-refractivity contribution in [2.45, 2.75) is 33.2 Å². The molecule has 2 heterocycles. The van der Waals surface area contributed by atoms with Crippen molar-refractivity contribution in [3.8, 4) is 0 Å². The number of nitrogens with zero attached hydrogens (tertiary/aromatic N) is 3. The normalized spacial score (nSPS) is 18.6. The van der Waals surface area contributed by atoms with Crippen LogP contribution in [0.4, 0.5) is 5.82 Å². The Labute approximate surface area is 150 Å². The van der Waals surface area contributed by atoms with Crippen molar-refractivity contribution in [1.82, 2.24) is 9.88 Å². The Morgan fingerprint density at radius 3 is 2.84 bits per heavy atom. The number of aromatic nitrogens is 1. The van der Waals surface area contributed by atoms with Crippen molar-refractivity contribution >= 4 is 16.7 Å². The highest BCUT2D eigenvalue weighted by molar-refractivity contribution is 5.83. The number of aryl methyl sites for hydroxylation is 1. The molecule has 4 heteroatoms. The van der Waals surface area contributed by atoms with Crippen LogP contribution in [-0.2, 0) is 0 Å². The molecular formula is C21H29N3O. The molecule has 0 bridgehead atoms. The van der Waals surface area contributed by atoms with Gasteiger partial charge in [-0.2, -0.15) is 0 Å². The summed E-state index contributed by atoms with van der Waals surface area (Å²) in [6, 6.07) is 10.9. The lowest BCUT2D eigenvalue weighted by atomic mass is 10.1. The summed E-state index contributed by atoms with van der Waals surface area (Å²) in [5.74, 6) is 1.06. The van der Waals surface area contributed by atoms with Crippen LogP contribution in [0.2, 0.25) is 0 Å². The van der Waals surface area contributed by atoms with E-state index in [1.165, 1.54) is 16.5 Å². The largest absolute Gasteiger partial charge is 0.396 e. The summed E-state index contributed by atoms with van der Waals surface area (Å²) >= 11 is 0. The second-order valence-electron chi connectivity index (χ2n) is 7.20. The Bertz CT molecular complexity index is 752. The van der Waals surface area contributed by atoms with Crippen molar-refractivity contribution < 1.29 is 5.11 Å². The number of anilines is 1. The molecule has 134 valence electrons. The highest BCUT2D eigenvalue weighted by Gasteiger charge is 2.26. The van der Waals surface area contributed by atoms with Gasteiger partial charge in [0.2, 0.25) is 0 Å². The molecule has 1 fully saturated rings. The number of piperazine rings is 1. The van der Waals surface area contributed by atoms with Gasteiger partial charge in [-0.15, -0.1) is 0 Å². The molecule has 0 spiro atoms. The van der Waals surface area contributed by atoms with E-state index in [-0.39, 0.29) is 6.61 Å². The number of aliphatic hydroxyl groups excluding tert-OH is 1. The quantitative estimate of drug-likeness (QED) is 0.848. The predicted octanol–water partition coefficient (Wildman–Crippen LogP) is 3.38. The summed E-state index contributed by atoms with van der Waals surface area (Å²) in [6.07, 6.45) is 3.08. The highest BCUT2D eigenvalue weighted by Crippen LogP contribution is 2.25. The number of hydrogen-bond acceptors (Lipinski definition) is 4. The standard InChI is InChI=1S/C21H29N3O/c1-16(2)8-10-23-11-12-24(15-18(23)9-13-25)21-14-17(3)19-6-4-5-7-20(19)22-21/h4-8,14,18,25H,9-13,15H2,1-3H3. The second kappa shape index (κ2) is 7.98. The van der Waals surface area contributed by atoms with Crippen LogP contribution in [0.1, 0.15) is 25.8 Å². The van der Waals surface area contributed by atoms with Gasteiger partial charge in [-0.05, 0) is 44.9 Å². The van der Waals surface area contributed by atoms with Gasteiger partial charge in [0.05, 0.1) is 5.52 Å². The molecule has 2 aromatic rings. The van der Waals surface area contributed by atoms with Crippen LogP contribution in [0.15, 0.2) is 42.0 Å². The monoisotopic (exact) mass is 339 g/mol. The smallest absolute Gasteiger partial charge is 0.129 e. The zero-order chi connectivity index (χ0) is 17.8. The number of allylic oxidation sites excluding steroid dienone is 1. The fraction of sp³-hybridized carbons (Fsp3) is 0.476. The minimum absolute atomic E-state index is 0.230. The first-order chi connectivity index (χ1) is 12.1. The Hall–Kier alpha value is -1.91. The summed E-state index contributed by atoms with van der Waals surface area (Å²) in [4.78, 5) is 9.74. The van der Waals surface area contributed by atoms with Gasteiger partial charge < -0.3 is 10.0 Å². The maximum absolute atomic E-state index is 9.48. The van der Waals surface area contributed by atoms with E-state index in [9.17, 15) is 5.11 Å². The summed E-state index contributed by atoms with van der Waals surface area (Å²) < 4.78 is 0. The van der Waals surface area contributed by atoms with E-state index in [4.69, 9.17) is 4.98 Å². The average Bonchev–Trinajstić information content (AvgIpc) is 2.60. The Morgan fingerprint density at radius 1 is 1.28 bits per heavy atom. The van der Waals surface area contributed by atoms with E-state index in [0.29, 0.717) is 6.04 Å². The van der Waals surface area contributed by atoms with Crippen LogP contribution in [-0.4, -0.2) is 53.8 Å². The number of pyridine rings is 1. The SMILES string of the molecule is CC(C)=CCN1CCN(c2cc(C)c3ccccc3n2)CC1CCO. The van der Waals surface area contributed by atoms with Crippen LogP contribution in [0, 0.1) is 6.92 Å². The van der Waals surface area contributed by atoms with Crippen molar-refractivity contribution in [2.75, 3.05) is 37.7 Å². The maximum atomic E-state index is 9.48. The lowest BCUT2D eigenvalue weighted by molar-refractivity contribution is 0.155. The Morgan fingerprint density at radius 2 is 2.08 bits per heavy atom. The topological polar surface area (TPSA) is 39.6 Å². The van der Waals surface area contributed by atoms with Crippen LogP contribution in [0.3, 0.4) is 0 Å². The fourth-order valence-electron chi connectivity index (χ4n) is 3.56. The van der Waals surface area contributed by atoms with Crippen LogP contribution in [0.25, 0.3) is 10.9 Å². The molecule has 4 nitrogen and oxygen atoms in total. The Kier molecular flexibility index (Phi) is 5.71. The van der Waals surface area contributed by atoms with Crippen LogP contribution >= 0.6 is 0 Å². The number of rotatable bonds is 5. The van der Waals surface area contributed by atoms with Gasteiger partial charge in [0, 0.05) is 44.2 Å². The number of aliphatic hydroxyl groups is 1. The molecule has 1 saturated heterocycles. The lowest BCUT2D eigenvalue weighted by Gasteiger charge is -2.41. The number of benzene rings is 1. The minimum Gasteiger partial charge on any atom is -0.396 e. The van der Waals surface area contributed by atoms with E-state index >= 15 is 0 Å². The first-order valence-electron chi connectivity index (χ1n) is 9.18. The van der Waals surface area contributed by atoms with Gasteiger partial charge in [0.15, 0.2) is 0 Å². The molecule has 0 amide bonds. The van der Waals surface area contributed by atoms with Crippen molar-refractivity contribution in [2.24, 2.45) is 0 Å². The molecule has 1 aromatic heterocycles. The first kappa shape index (κ1) is 17.9. The number of fused-ring (bicyclic) bond motifs is 1. The zero-order valence-corrected chi connectivity index (χ0v) is 15.6. The summed E-state index contributed by atoms with van der Waals surface area (Å²) in [7, 11) is 0. The summed E-state index contributed by atoms with van der Waals surface area (Å²) in [5.41, 5.74) is 3.67. The van der Waals surface area contributed by atoms with Gasteiger partial charge in [-0.25, -0.2) is 4.98 Å². The van der Waals surface area contributed by atoms with E-state index in [1.54, 1.807) is 0 Å². The molecule has 1 N–H and O–H groups in total. The van der Waals surface area contributed by atoms with Gasteiger partial charge in [0.25, 0.3) is 0 Å². The maximum Gasteiger partial charge on any atom is 0.129 e. The molecule has 1 aliphatic rings. The van der Waals surface area contributed by atoms with E-state index < -0.39 is 0 Å². The molecule has 0 radical (unpaired) electrons. The molecule has 25 heavy (non-hydrogen) atoms. The predicted molar refractivity (Wildman–Crippen MR) is 105 cm³/mol. The van der Waals surface area contributed by atoms with E-state index in [1.807, 2.05) is 6.07 Å². The van der Waals surface area contributed by atoms with E-state index in [0.717, 1.165) is 43.9 Å². The first-order valence-corrected chi connectivity index (χ1v) is 9.18. The van der Waals surface area contributed by atoms with Crippen molar-refractivity contribution in [1.29, 1.82) is 0 Å². The van der Waals surface area contributed by atoms with E-state index in [2.05, 4.69) is 60.9 Å². The van der Waals surface area contributed by atoms with Crippen molar-refractivity contribution in [3.05, 3.63) is 47.5 Å². The van der Waals surface area contributed by atoms with Crippen LogP contribution < -0.4 is 4.90 Å². The minimum atomic E-state index is 0.230. The molecule has 1 atom stereocenters. The fourth-order valence-corrected chi connectivity index (χ4v) is 3.56. The van der Waals surface area contributed by atoms with Gasteiger partial charge in [-0.1, -0.05) is 29.8 Å². The summed E-state index contributed by atoms with van der Waals surface area (Å²) in [6.45, 7) is 10.5. The molecule has 1 aromatic carbocycles. The highest BCUT2D eigenvalue weighted by atomic mass is 16.3. The molecule has 1 aliphatic heterocycles. The second-order valence-corrected chi connectivity index (χ2v) is 7.20. The third kappa shape index (κ3) is 4.20. The van der Waals surface area contributed by atoms with Gasteiger partial charge in [0.1, 0.15) is 5.82 Å². The summed E-state index contributed by atoms with van der Waals surface area (Å²) in [5, 5.41) is 10.7. The third-order valence-corrected chi connectivity index (χ3v) is 5.03. The molecule has 0 saturated carbocycles. The number of hydrogen-bond donors (Lipinski definition) is 1. The van der Waals surface area contributed by atoms with Crippen molar-refractivity contribution in [3.63, 3.8) is 0 Å². The zero-order valence-electron chi connectivity index (χ0n) is 15.6. The third-order valence-electron chi connectivity index (χ3n) is 5.03. The molecular weight excluding hydrogens is 310 g/mol.